The van der Waals surface area contributed by atoms with Crippen molar-refractivity contribution in [2.45, 2.75) is 23.5 Å². The third-order valence-corrected chi connectivity index (χ3v) is 6.07. The number of hydrogen-bond donors (Lipinski definition) is 2. The minimum Gasteiger partial charge on any atom is -0.322 e. The number of carbonyl (C=O) groups excluding carboxylic acids is 2. The molecule has 0 saturated heterocycles. The SMILES string of the molecule is CCC(Sc1cccc(NC(=O)c2cccc([N+](=O)[O-])c2)c1)C(=O)Nc1c(F)c(F)cc(F)c1F. The second-order valence-corrected chi connectivity index (χ2v) is 8.41. The molecule has 0 aliphatic carbocycles. The van der Waals surface area contributed by atoms with E-state index in [1.165, 1.54) is 24.3 Å². The number of nitro benzene ring substituents is 1. The number of nitrogens with zero attached hydrogens (tertiary/aromatic N) is 1. The smallest absolute Gasteiger partial charge is 0.270 e. The lowest BCUT2D eigenvalue weighted by Crippen LogP contribution is -2.26. The minimum absolute atomic E-state index is 0.0415. The van der Waals surface area contributed by atoms with Gasteiger partial charge in [0.1, 0.15) is 5.69 Å². The summed E-state index contributed by atoms with van der Waals surface area (Å²) in [5.41, 5.74) is -1.07. The van der Waals surface area contributed by atoms with Crippen molar-refractivity contribution in [2.24, 2.45) is 0 Å². The summed E-state index contributed by atoms with van der Waals surface area (Å²) in [6, 6.07) is 11.5. The van der Waals surface area contributed by atoms with Gasteiger partial charge in [-0.1, -0.05) is 19.1 Å². The molecule has 2 amide bonds. The maximum atomic E-state index is 13.9. The zero-order chi connectivity index (χ0) is 25.7. The first-order valence-corrected chi connectivity index (χ1v) is 10.9. The number of carbonyl (C=O) groups is 2. The molecular weight excluding hydrogens is 490 g/mol. The Morgan fingerprint density at radius 3 is 2.26 bits per heavy atom. The number of thioether (sulfide) groups is 1. The molecule has 0 bridgehead atoms. The summed E-state index contributed by atoms with van der Waals surface area (Å²) >= 11 is 0.995. The molecule has 1 unspecified atom stereocenters. The van der Waals surface area contributed by atoms with Crippen LogP contribution in [0.15, 0.2) is 59.5 Å². The van der Waals surface area contributed by atoms with Crippen molar-refractivity contribution >= 4 is 40.6 Å². The third-order valence-electron chi connectivity index (χ3n) is 4.71. The zero-order valence-corrected chi connectivity index (χ0v) is 18.8. The van der Waals surface area contributed by atoms with Crippen LogP contribution in [-0.4, -0.2) is 22.0 Å². The molecular formula is C23H17F4N3O4S. The highest BCUT2D eigenvalue weighted by Gasteiger charge is 2.25. The van der Waals surface area contributed by atoms with Gasteiger partial charge >= 0.3 is 0 Å². The monoisotopic (exact) mass is 507 g/mol. The molecule has 12 heteroatoms. The molecule has 0 aliphatic rings. The summed E-state index contributed by atoms with van der Waals surface area (Å²) in [5.74, 6) is -8.21. The summed E-state index contributed by atoms with van der Waals surface area (Å²) in [4.78, 5) is 35.8. The van der Waals surface area contributed by atoms with E-state index in [0.29, 0.717) is 10.6 Å². The third kappa shape index (κ3) is 6.15. The Morgan fingerprint density at radius 1 is 0.971 bits per heavy atom. The Morgan fingerprint density at radius 2 is 1.63 bits per heavy atom. The normalized spacial score (nSPS) is 11.6. The lowest BCUT2D eigenvalue weighted by Gasteiger charge is -2.16. The minimum atomic E-state index is -1.72. The quantitative estimate of drug-likeness (QED) is 0.130. The van der Waals surface area contributed by atoms with Gasteiger partial charge in [0, 0.05) is 34.3 Å². The van der Waals surface area contributed by atoms with E-state index < -0.39 is 50.9 Å². The summed E-state index contributed by atoms with van der Waals surface area (Å²) in [6.07, 6.45) is 0.196. The van der Waals surface area contributed by atoms with Crippen molar-refractivity contribution in [3.05, 3.63) is 93.5 Å². The van der Waals surface area contributed by atoms with E-state index in [0.717, 1.165) is 17.8 Å². The van der Waals surface area contributed by atoms with Crippen LogP contribution in [0.4, 0.5) is 34.6 Å². The zero-order valence-electron chi connectivity index (χ0n) is 18.0. The highest BCUT2D eigenvalue weighted by Crippen LogP contribution is 2.30. The van der Waals surface area contributed by atoms with Crippen molar-refractivity contribution in [2.75, 3.05) is 10.6 Å². The Hall–Kier alpha value is -3.93. The van der Waals surface area contributed by atoms with Crippen LogP contribution < -0.4 is 10.6 Å². The molecule has 1 atom stereocenters. The van der Waals surface area contributed by atoms with Crippen molar-refractivity contribution in [1.82, 2.24) is 0 Å². The van der Waals surface area contributed by atoms with Crippen LogP contribution in [0.5, 0.6) is 0 Å². The molecule has 0 saturated carbocycles. The number of non-ortho nitro benzene ring substituents is 1. The number of nitrogens with one attached hydrogen (secondary N) is 2. The molecule has 0 radical (unpaired) electrons. The molecule has 0 aliphatic heterocycles. The largest absolute Gasteiger partial charge is 0.322 e. The molecule has 3 aromatic carbocycles. The number of nitro groups is 1. The standard InChI is InChI=1S/C23H17F4N3O4S/c1-2-18(23(32)29-21-19(26)16(24)11-17(25)20(21)27)35-15-8-4-6-13(10-15)28-22(31)12-5-3-7-14(9-12)30(33)34/h3-11,18H,2H2,1H3,(H,28,31)(H,29,32). The summed E-state index contributed by atoms with van der Waals surface area (Å²) in [6.45, 7) is 1.63. The topological polar surface area (TPSA) is 101 Å². The maximum Gasteiger partial charge on any atom is 0.270 e. The first-order chi connectivity index (χ1) is 16.6. The van der Waals surface area contributed by atoms with E-state index in [1.54, 1.807) is 25.1 Å². The summed E-state index contributed by atoms with van der Waals surface area (Å²) in [5, 5.41) is 14.5. The van der Waals surface area contributed by atoms with Crippen LogP contribution in [0.1, 0.15) is 23.7 Å². The average molecular weight is 507 g/mol. The van der Waals surface area contributed by atoms with Crippen LogP contribution in [-0.2, 0) is 4.79 Å². The second kappa shape index (κ2) is 11.0. The van der Waals surface area contributed by atoms with Gasteiger partial charge in [0.05, 0.1) is 10.2 Å². The molecule has 3 aromatic rings. The van der Waals surface area contributed by atoms with Crippen LogP contribution in [0, 0.1) is 33.4 Å². The second-order valence-electron chi connectivity index (χ2n) is 7.14. The van der Waals surface area contributed by atoms with Gasteiger partial charge in [0.25, 0.3) is 11.6 Å². The molecule has 0 aromatic heterocycles. The summed E-state index contributed by atoms with van der Waals surface area (Å²) in [7, 11) is 0. The van der Waals surface area contributed by atoms with Crippen LogP contribution in [0.2, 0.25) is 0 Å². The maximum absolute atomic E-state index is 13.9. The molecule has 0 heterocycles. The van der Waals surface area contributed by atoms with E-state index in [-0.39, 0.29) is 23.7 Å². The lowest BCUT2D eigenvalue weighted by atomic mass is 10.2. The van der Waals surface area contributed by atoms with Gasteiger partial charge in [-0.15, -0.1) is 11.8 Å². The van der Waals surface area contributed by atoms with E-state index >= 15 is 0 Å². The van der Waals surface area contributed by atoms with E-state index in [2.05, 4.69) is 5.32 Å². The van der Waals surface area contributed by atoms with Gasteiger partial charge in [-0.25, -0.2) is 17.6 Å². The van der Waals surface area contributed by atoms with Gasteiger partial charge in [0.2, 0.25) is 5.91 Å². The number of hydrogen-bond acceptors (Lipinski definition) is 5. The Balaban J connectivity index is 1.73. The van der Waals surface area contributed by atoms with Gasteiger partial charge in [-0.05, 0) is 30.7 Å². The Kier molecular flexibility index (Phi) is 8.07. The Bertz CT molecular complexity index is 1280. The van der Waals surface area contributed by atoms with Crippen molar-refractivity contribution in [3.8, 4) is 0 Å². The lowest BCUT2D eigenvalue weighted by molar-refractivity contribution is -0.384. The first kappa shape index (κ1) is 25.7. The molecule has 2 N–H and O–H groups in total. The van der Waals surface area contributed by atoms with Gasteiger partial charge in [0.15, 0.2) is 23.3 Å². The number of anilines is 2. The number of benzene rings is 3. The van der Waals surface area contributed by atoms with Crippen LogP contribution >= 0.6 is 11.8 Å². The predicted octanol–water partition coefficient (Wildman–Crippen LogP) is 5.91. The molecule has 3 rings (SSSR count). The molecule has 0 fully saturated rings. The van der Waals surface area contributed by atoms with Crippen molar-refractivity contribution in [1.29, 1.82) is 0 Å². The molecule has 7 nitrogen and oxygen atoms in total. The number of rotatable bonds is 8. The average Bonchev–Trinajstić information content (AvgIpc) is 2.84. The molecule has 0 spiro atoms. The first-order valence-electron chi connectivity index (χ1n) is 10.1. The van der Waals surface area contributed by atoms with Crippen molar-refractivity contribution in [3.63, 3.8) is 0 Å². The fourth-order valence-corrected chi connectivity index (χ4v) is 4.00. The predicted molar refractivity (Wildman–Crippen MR) is 122 cm³/mol. The molecule has 182 valence electrons. The van der Waals surface area contributed by atoms with Gasteiger partial charge in [-0.2, -0.15) is 0 Å². The number of amides is 2. The highest BCUT2D eigenvalue weighted by molar-refractivity contribution is 8.00. The van der Waals surface area contributed by atoms with Gasteiger partial charge < -0.3 is 10.6 Å². The van der Waals surface area contributed by atoms with E-state index in [9.17, 15) is 37.3 Å². The van der Waals surface area contributed by atoms with Crippen LogP contribution in [0.25, 0.3) is 0 Å². The number of halogens is 4. The van der Waals surface area contributed by atoms with E-state index in [4.69, 9.17) is 0 Å². The van der Waals surface area contributed by atoms with Crippen LogP contribution in [0.3, 0.4) is 0 Å². The highest BCUT2D eigenvalue weighted by atomic mass is 32.2. The van der Waals surface area contributed by atoms with Gasteiger partial charge in [-0.3, -0.25) is 19.7 Å². The molecule has 35 heavy (non-hydrogen) atoms. The van der Waals surface area contributed by atoms with Crippen molar-refractivity contribution < 1.29 is 32.1 Å². The fraction of sp³-hybridized carbons (Fsp3) is 0.130. The fourth-order valence-electron chi connectivity index (χ4n) is 2.98. The summed E-state index contributed by atoms with van der Waals surface area (Å²) < 4.78 is 54.7. The van der Waals surface area contributed by atoms with E-state index in [1.807, 2.05) is 5.32 Å². The Labute approximate surface area is 200 Å².